The quantitative estimate of drug-likeness (QED) is 0.296. The smallest absolute Gasteiger partial charge is 0.318 e. The Bertz CT molecular complexity index is 939. The van der Waals surface area contributed by atoms with E-state index >= 15 is 0 Å². The lowest BCUT2D eigenvalue weighted by Gasteiger charge is -2.26. The Morgan fingerprint density at radius 3 is 1.70 bits per heavy atom. The van der Waals surface area contributed by atoms with Crippen LogP contribution in [0.5, 0.6) is 11.5 Å². The monoisotopic (exact) mass is 452 g/mol. The molecule has 2 aromatic rings. The van der Waals surface area contributed by atoms with Crippen molar-refractivity contribution in [3.05, 3.63) is 71.8 Å². The molecule has 4 atom stereocenters. The van der Waals surface area contributed by atoms with E-state index in [1.165, 1.54) is 0 Å². The summed E-state index contributed by atoms with van der Waals surface area (Å²) < 4.78 is 9.27. The molecule has 1 aliphatic carbocycles. The van der Waals surface area contributed by atoms with Gasteiger partial charge in [0.05, 0.1) is 24.5 Å². The van der Waals surface area contributed by atoms with Gasteiger partial charge in [0.2, 0.25) is 0 Å². The number of aromatic hydroxyl groups is 2. The highest BCUT2D eigenvalue weighted by molar-refractivity contribution is 5.97. The molecular formula is C27H32O6. The van der Waals surface area contributed by atoms with E-state index < -0.39 is 0 Å². The second-order valence-corrected chi connectivity index (χ2v) is 9.26. The lowest BCUT2D eigenvalue weighted by Crippen LogP contribution is -2.25. The van der Waals surface area contributed by atoms with Gasteiger partial charge >= 0.3 is 11.9 Å². The van der Waals surface area contributed by atoms with Crippen molar-refractivity contribution in [2.24, 2.45) is 17.8 Å². The molecule has 2 aromatic carbocycles. The first-order valence-corrected chi connectivity index (χ1v) is 11.2. The van der Waals surface area contributed by atoms with Crippen molar-refractivity contribution >= 4 is 11.9 Å². The molecule has 2 aliphatic heterocycles. The summed E-state index contributed by atoms with van der Waals surface area (Å²) in [5.74, 6) is -0.434. The summed E-state index contributed by atoms with van der Waals surface area (Å²) in [4.78, 5) is 22.2. The molecule has 4 unspecified atom stereocenters. The summed E-state index contributed by atoms with van der Waals surface area (Å²) in [6.07, 6.45) is 5.16. The van der Waals surface area contributed by atoms with E-state index in [0.717, 1.165) is 17.7 Å². The molecule has 6 heteroatoms. The molecule has 2 saturated heterocycles. The van der Waals surface area contributed by atoms with Crippen molar-refractivity contribution in [2.45, 2.75) is 45.6 Å². The Morgan fingerprint density at radius 2 is 1.30 bits per heavy atom. The summed E-state index contributed by atoms with van der Waals surface area (Å²) in [5.41, 5.74) is 2.10. The van der Waals surface area contributed by atoms with Gasteiger partial charge in [-0.2, -0.15) is 0 Å². The van der Waals surface area contributed by atoms with Gasteiger partial charge in [-0.3, -0.25) is 9.59 Å². The van der Waals surface area contributed by atoms with E-state index in [9.17, 15) is 19.8 Å². The number of cyclic esters (lactones) is 2. The fraction of sp³-hybridized carbons (Fsp3) is 0.407. The Kier molecular flexibility index (Phi) is 7.59. The zero-order chi connectivity index (χ0) is 24.2. The van der Waals surface area contributed by atoms with E-state index in [1.54, 1.807) is 24.3 Å². The van der Waals surface area contributed by atoms with E-state index in [1.807, 2.05) is 43.3 Å². The van der Waals surface area contributed by atoms with Crippen molar-refractivity contribution in [3.63, 3.8) is 0 Å². The van der Waals surface area contributed by atoms with Gasteiger partial charge in [0.15, 0.2) is 0 Å². The maximum Gasteiger partial charge on any atom is 0.318 e. The number of phenols is 2. The molecule has 5 rings (SSSR count). The molecule has 0 aromatic heterocycles. The van der Waals surface area contributed by atoms with Crippen molar-refractivity contribution in [1.29, 1.82) is 0 Å². The second kappa shape index (κ2) is 10.2. The number of hydrogen-bond donors (Lipinski definition) is 2. The number of ether oxygens (including phenoxy) is 2. The molecule has 2 fully saturated rings. The molecule has 3 aliphatic rings. The SMILES string of the molecule is CC(C)(c1ccc(O)cc1)c1ccc(O)cc1.CC1C=CCC2C(=O)OC(=O)C12.CC1CO1. The Balaban J connectivity index is 0.000000165. The summed E-state index contributed by atoms with van der Waals surface area (Å²) in [7, 11) is 0. The maximum atomic E-state index is 11.2. The van der Waals surface area contributed by atoms with Crippen LogP contribution in [-0.2, 0) is 24.5 Å². The average Bonchev–Trinajstić information content (AvgIpc) is 3.50. The number of phenolic OH excluding ortho intramolecular Hbond substituents is 2. The van der Waals surface area contributed by atoms with Crippen LogP contribution in [-0.4, -0.2) is 34.9 Å². The summed E-state index contributed by atoms with van der Waals surface area (Å²) in [5, 5.41) is 18.6. The van der Waals surface area contributed by atoms with E-state index in [2.05, 4.69) is 25.5 Å². The van der Waals surface area contributed by atoms with Crippen LogP contribution in [0.3, 0.4) is 0 Å². The number of epoxide rings is 1. The van der Waals surface area contributed by atoms with Crippen LogP contribution in [0.15, 0.2) is 60.7 Å². The molecule has 2 N–H and O–H groups in total. The highest BCUT2D eigenvalue weighted by Gasteiger charge is 2.47. The Hall–Kier alpha value is -3.12. The molecule has 33 heavy (non-hydrogen) atoms. The number of hydrogen-bond acceptors (Lipinski definition) is 6. The molecule has 0 bridgehead atoms. The Morgan fingerprint density at radius 1 is 0.848 bits per heavy atom. The van der Waals surface area contributed by atoms with Gasteiger partial charge in [0, 0.05) is 5.41 Å². The van der Waals surface area contributed by atoms with Crippen molar-refractivity contribution < 1.29 is 29.3 Å². The van der Waals surface area contributed by atoms with Crippen molar-refractivity contribution in [1.82, 2.24) is 0 Å². The lowest BCUT2D eigenvalue weighted by molar-refractivity contribution is -0.153. The van der Waals surface area contributed by atoms with Gasteiger partial charge in [0.25, 0.3) is 0 Å². The first-order valence-electron chi connectivity index (χ1n) is 11.2. The molecule has 0 amide bonds. The third kappa shape index (κ3) is 6.23. The number of carbonyl (C=O) groups is 2. The van der Waals surface area contributed by atoms with E-state index in [0.29, 0.717) is 12.5 Å². The number of carbonyl (C=O) groups excluding carboxylic acids is 2. The van der Waals surface area contributed by atoms with E-state index in [4.69, 9.17) is 4.74 Å². The number of allylic oxidation sites excluding steroid dienone is 2. The minimum Gasteiger partial charge on any atom is -0.508 e. The fourth-order valence-electron chi connectivity index (χ4n) is 3.96. The zero-order valence-electron chi connectivity index (χ0n) is 19.5. The van der Waals surface area contributed by atoms with Gasteiger partial charge < -0.3 is 19.7 Å². The van der Waals surface area contributed by atoms with Crippen LogP contribution in [0.2, 0.25) is 0 Å². The van der Waals surface area contributed by atoms with Crippen LogP contribution >= 0.6 is 0 Å². The number of esters is 2. The summed E-state index contributed by atoms with van der Waals surface area (Å²) in [6, 6.07) is 14.4. The maximum absolute atomic E-state index is 11.2. The third-order valence-electron chi connectivity index (χ3n) is 6.28. The van der Waals surface area contributed by atoms with Crippen LogP contribution in [0.4, 0.5) is 0 Å². The van der Waals surface area contributed by atoms with Crippen LogP contribution < -0.4 is 0 Å². The standard InChI is InChI=1S/C15H16O2.C9H10O3.C3H6O/c1-15(2,11-3-7-13(16)8-4-11)12-5-9-14(17)10-6-12;1-5-3-2-4-6-7(5)9(11)12-8(6)10;1-3-2-4-3/h3-10,16-17H,1-2H3;2-3,5-7H,4H2,1H3;3H,2H2,1H3. The van der Waals surface area contributed by atoms with Gasteiger partial charge in [0.1, 0.15) is 11.5 Å². The first kappa shape index (κ1) is 24.5. The molecule has 0 spiro atoms. The zero-order valence-corrected chi connectivity index (χ0v) is 19.5. The minimum atomic E-state index is -0.346. The van der Waals surface area contributed by atoms with Crippen LogP contribution in [0, 0.1) is 17.8 Å². The molecular weight excluding hydrogens is 420 g/mol. The number of rotatable bonds is 2. The lowest BCUT2D eigenvalue weighted by atomic mass is 9.78. The number of fused-ring (bicyclic) bond motifs is 1. The first-order chi connectivity index (χ1) is 15.6. The van der Waals surface area contributed by atoms with Gasteiger partial charge in [-0.1, -0.05) is 57.2 Å². The predicted octanol–water partition coefficient (Wildman–Crippen LogP) is 4.73. The van der Waals surface area contributed by atoms with Crippen molar-refractivity contribution in [2.75, 3.05) is 6.61 Å². The molecule has 176 valence electrons. The topological polar surface area (TPSA) is 96.4 Å². The van der Waals surface area contributed by atoms with E-state index in [-0.39, 0.29) is 46.6 Å². The minimum absolute atomic E-state index is 0.141. The molecule has 0 saturated carbocycles. The fourth-order valence-corrected chi connectivity index (χ4v) is 3.96. The van der Waals surface area contributed by atoms with Crippen LogP contribution in [0.25, 0.3) is 0 Å². The average molecular weight is 453 g/mol. The summed E-state index contributed by atoms with van der Waals surface area (Å²) >= 11 is 0. The predicted molar refractivity (Wildman–Crippen MR) is 125 cm³/mol. The van der Waals surface area contributed by atoms with Gasteiger partial charge in [-0.25, -0.2) is 0 Å². The largest absolute Gasteiger partial charge is 0.508 e. The van der Waals surface area contributed by atoms with Gasteiger partial charge in [-0.05, 0) is 54.7 Å². The normalized spacial score (nSPS) is 25.1. The van der Waals surface area contributed by atoms with Crippen LogP contribution in [0.1, 0.15) is 45.2 Å². The highest BCUT2D eigenvalue weighted by Crippen LogP contribution is 2.36. The molecule has 6 nitrogen and oxygen atoms in total. The molecule has 2 heterocycles. The molecule has 0 radical (unpaired) electrons. The summed E-state index contributed by atoms with van der Waals surface area (Å²) in [6.45, 7) is 9.21. The Labute approximate surface area is 194 Å². The second-order valence-electron chi connectivity index (χ2n) is 9.26. The number of benzene rings is 2. The van der Waals surface area contributed by atoms with Gasteiger partial charge in [-0.15, -0.1) is 0 Å². The third-order valence-corrected chi connectivity index (χ3v) is 6.28. The highest BCUT2D eigenvalue weighted by atomic mass is 16.6. The van der Waals surface area contributed by atoms with Crippen molar-refractivity contribution in [3.8, 4) is 11.5 Å².